The Hall–Kier alpha value is -2.48. The van der Waals surface area contributed by atoms with E-state index in [1.165, 1.54) is 49.3 Å². The predicted octanol–water partition coefficient (Wildman–Crippen LogP) is 5.00. The summed E-state index contributed by atoms with van der Waals surface area (Å²) < 4.78 is 33.4. The van der Waals surface area contributed by atoms with E-state index in [1.807, 2.05) is 6.92 Å². The first-order valence-electron chi connectivity index (χ1n) is 11.6. The average Bonchev–Trinajstić information content (AvgIpc) is 3.22. The molecule has 0 aliphatic heterocycles. The van der Waals surface area contributed by atoms with Gasteiger partial charge in [-0.25, -0.2) is 13.5 Å². The molecule has 1 atom stereocenters. The lowest BCUT2D eigenvalue weighted by atomic mass is 10.2. The molecule has 0 spiro atoms. The smallest absolute Gasteiger partial charge is 0.272 e. The van der Waals surface area contributed by atoms with Crippen LogP contribution in [0.25, 0.3) is 0 Å². The van der Waals surface area contributed by atoms with Gasteiger partial charge in [-0.3, -0.25) is 4.79 Å². The minimum absolute atomic E-state index is 0.0135. The van der Waals surface area contributed by atoms with Gasteiger partial charge in [-0.05, 0) is 51.1 Å². The molecule has 0 fully saturated rings. The second-order valence-electron chi connectivity index (χ2n) is 8.18. The van der Waals surface area contributed by atoms with Gasteiger partial charge in [0.1, 0.15) is 11.5 Å². The van der Waals surface area contributed by atoms with Gasteiger partial charge in [0, 0.05) is 24.8 Å². The van der Waals surface area contributed by atoms with Gasteiger partial charge in [-0.1, -0.05) is 39.5 Å². The maximum Gasteiger partial charge on any atom is 0.272 e. The fraction of sp³-hybridized carbons (Fsp3) is 0.583. The molecule has 1 aromatic carbocycles. The van der Waals surface area contributed by atoms with Crippen LogP contribution in [0.15, 0.2) is 30.5 Å². The van der Waals surface area contributed by atoms with Crippen LogP contribution in [-0.4, -0.2) is 46.3 Å². The first kappa shape index (κ1) is 25.8. The van der Waals surface area contributed by atoms with Gasteiger partial charge < -0.3 is 15.0 Å². The van der Waals surface area contributed by atoms with Crippen molar-refractivity contribution in [3.8, 4) is 5.75 Å². The second kappa shape index (κ2) is 13.8. The largest absolute Gasteiger partial charge is 0.468 e. The molecule has 2 rings (SSSR count). The summed E-state index contributed by atoms with van der Waals surface area (Å²) in [6.07, 6.45) is 8.73. The van der Waals surface area contributed by atoms with Crippen LogP contribution in [0.4, 0.5) is 8.78 Å². The zero-order valence-corrected chi connectivity index (χ0v) is 19.4. The van der Waals surface area contributed by atoms with E-state index in [0.29, 0.717) is 0 Å². The minimum atomic E-state index is -0.786. The summed E-state index contributed by atoms with van der Waals surface area (Å²) in [6, 6.07) is 4.67. The van der Waals surface area contributed by atoms with Gasteiger partial charge in [-0.2, -0.15) is 5.10 Å². The fourth-order valence-corrected chi connectivity index (χ4v) is 3.48. The molecule has 178 valence electrons. The molecule has 0 saturated carbocycles. The van der Waals surface area contributed by atoms with Gasteiger partial charge in [0.2, 0.25) is 0 Å². The highest BCUT2D eigenvalue weighted by Gasteiger charge is 2.16. The van der Waals surface area contributed by atoms with Crippen molar-refractivity contribution in [3.05, 3.63) is 47.8 Å². The van der Waals surface area contributed by atoms with E-state index in [9.17, 15) is 13.6 Å². The lowest BCUT2D eigenvalue weighted by molar-refractivity contribution is 0.0921. The summed E-state index contributed by atoms with van der Waals surface area (Å²) in [5.41, 5.74) is 0.267. The van der Waals surface area contributed by atoms with E-state index >= 15 is 0 Å². The summed E-state index contributed by atoms with van der Waals surface area (Å²) >= 11 is 0. The van der Waals surface area contributed by atoms with E-state index < -0.39 is 11.6 Å². The number of hydrogen-bond donors (Lipinski definition) is 1. The van der Waals surface area contributed by atoms with Crippen molar-refractivity contribution in [3.63, 3.8) is 0 Å². The minimum Gasteiger partial charge on any atom is -0.468 e. The molecule has 1 unspecified atom stereocenters. The van der Waals surface area contributed by atoms with Crippen LogP contribution in [0, 0.1) is 11.6 Å². The Morgan fingerprint density at radius 3 is 2.44 bits per heavy atom. The zero-order chi connectivity index (χ0) is 23.3. The zero-order valence-electron chi connectivity index (χ0n) is 19.4. The van der Waals surface area contributed by atoms with Crippen LogP contribution in [0.3, 0.4) is 0 Å². The molecular formula is C24H36F2N4O2. The number of ether oxygens (including phenoxy) is 1. The summed E-state index contributed by atoms with van der Waals surface area (Å²) in [6.45, 7) is 9.20. The highest BCUT2D eigenvalue weighted by atomic mass is 19.1. The maximum atomic E-state index is 13.7. The molecule has 1 amide bonds. The van der Waals surface area contributed by atoms with E-state index in [0.717, 1.165) is 31.8 Å². The van der Waals surface area contributed by atoms with Crippen LogP contribution in [0.2, 0.25) is 0 Å². The first-order chi connectivity index (χ1) is 15.4. The fourth-order valence-electron chi connectivity index (χ4n) is 3.48. The Bertz CT molecular complexity index is 818. The molecule has 1 N–H and O–H groups in total. The normalized spacial score (nSPS) is 12.2. The van der Waals surface area contributed by atoms with E-state index in [4.69, 9.17) is 4.74 Å². The lowest BCUT2D eigenvalue weighted by Crippen LogP contribution is -2.42. The maximum absolute atomic E-state index is 13.7. The van der Waals surface area contributed by atoms with Crippen LogP contribution in [-0.2, 0) is 6.73 Å². The highest BCUT2D eigenvalue weighted by Crippen LogP contribution is 2.18. The third kappa shape index (κ3) is 8.94. The number of aromatic nitrogens is 2. The van der Waals surface area contributed by atoms with Crippen molar-refractivity contribution in [2.75, 3.05) is 19.6 Å². The molecule has 1 heterocycles. The number of halogens is 2. The molecule has 0 saturated heterocycles. The Kier molecular flexibility index (Phi) is 11.1. The van der Waals surface area contributed by atoms with Crippen LogP contribution in [0.1, 0.15) is 69.8 Å². The third-order valence-corrected chi connectivity index (χ3v) is 5.18. The molecule has 0 radical (unpaired) electrons. The van der Waals surface area contributed by atoms with Crippen LogP contribution < -0.4 is 10.1 Å². The monoisotopic (exact) mass is 450 g/mol. The van der Waals surface area contributed by atoms with Crippen LogP contribution in [0.5, 0.6) is 5.75 Å². The third-order valence-electron chi connectivity index (χ3n) is 5.18. The molecule has 2 aromatic rings. The predicted molar refractivity (Wildman–Crippen MR) is 122 cm³/mol. The summed E-state index contributed by atoms with van der Waals surface area (Å²) in [5, 5.41) is 7.21. The summed E-state index contributed by atoms with van der Waals surface area (Å²) in [4.78, 5) is 15.0. The molecular weight excluding hydrogens is 414 g/mol. The Morgan fingerprint density at radius 1 is 1.12 bits per heavy atom. The number of nitrogens with zero attached hydrogens (tertiary/aromatic N) is 3. The summed E-state index contributed by atoms with van der Waals surface area (Å²) in [7, 11) is 0. The molecule has 32 heavy (non-hydrogen) atoms. The molecule has 6 nitrogen and oxygen atoms in total. The SMILES string of the molecule is CCCCCN(CCCCC)CC(C)NC(=O)c1ccn(COc2ccc(F)cc2F)n1. The average molecular weight is 451 g/mol. The second-order valence-corrected chi connectivity index (χ2v) is 8.18. The molecule has 8 heteroatoms. The number of unbranched alkanes of at least 4 members (excludes halogenated alkanes) is 4. The number of amides is 1. The van der Waals surface area contributed by atoms with Crippen molar-refractivity contribution in [1.82, 2.24) is 20.0 Å². The number of hydrogen-bond acceptors (Lipinski definition) is 4. The number of nitrogens with one attached hydrogen (secondary N) is 1. The number of benzene rings is 1. The lowest BCUT2D eigenvalue weighted by Gasteiger charge is -2.26. The van der Waals surface area contributed by atoms with E-state index in [-0.39, 0.29) is 30.1 Å². The topological polar surface area (TPSA) is 59.4 Å². The van der Waals surface area contributed by atoms with Crippen molar-refractivity contribution >= 4 is 5.91 Å². The quantitative estimate of drug-likeness (QED) is 0.388. The number of carbonyl (C=O) groups excluding carboxylic acids is 1. The Balaban J connectivity index is 1.84. The van der Waals surface area contributed by atoms with Gasteiger partial charge >= 0.3 is 0 Å². The van der Waals surface area contributed by atoms with Gasteiger partial charge in [0.15, 0.2) is 18.3 Å². The molecule has 0 aliphatic carbocycles. The number of carbonyl (C=O) groups is 1. The van der Waals surface area contributed by atoms with Crippen LogP contribution >= 0.6 is 0 Å². The molecule has 1 aromatic heterocycles. The van der Waals surface area contributed by atoms with Crippen molar-refractivity contribution in [1.29, 1.82) is 0 Å². The van der Waals surface area contributed by atoms with Crippen molar-refractivity contribution in [2.45, 2.75) is 72.1 Å². The highest BCUT2D eigenvalue weighted by molar-refractivity contribution is 5.92. The van der Waals surface area contributed by atoms with E-state index in [2.05, 4.69) is 29.2 Å². The van der Waals surface area contributed by atoms with Gasteiger partial charge in [0.25, 0.3) is 5.91 Å². The standard InChI is InChI=1S/C24H36F2N4O2/c1-4-6-8-13-29(14-9-7-5-2)17-19(3)27-24(31)22-12-15-30(28-22)18-32-23-11-10-20(25)16-21(23)26/h10-12,15-16,19H,4-9,13-14,17-18H2,1-3H3,(H,27,31). The van der Waals surface area contributed by atoms with Gasteiger partial charge in [0.05, 0.1) is 0 Å². The molecule has 0 bridgehead atoms. The van der Waals surface area contributed by atoms with E-state index in [1.54, 1.807) is 12.3 Å². The molecule has 0 aliphatic rings. The Labute approximate surface area is 189 Å². The first-order valence-corrected chi connectivity index (χ1v) is 11.6. The summed E-state index contributed by atoms with van der Waals surface area (Å²) in [5.74, 6) is -1.79. The Morgan fingerprint density at radius 2 is 1.81 bits per heavy atom. The van der Waals surface area contributed by atoms with Gasteiger partial charge in [-0.15, -0.1) is 0 Å². The van der Waals surface area contributed by atoms with Crippen molar-refractivity contribution in [2.24, 2.45) is 0 Å². The number of rotatable bonds is 15. The van der Waals surface area contributed by atoms with Crippen molar-refractivity contribution < 1.29 is 18.3 Å².